The largest absolute Gasteiger partial charge is 0.381 e. The maximum atomic E-state index is 12.3. The van der Waals surface area contributed by atoms with Gasteiger partial charge in [0.1, 0.15) is 0 Å². The smallest absolute Gasteiger partial charge is 0.240 e. The molecule has 0 aromatic heterocycles. The lowest BCUT2D eigenvalue weighted by Crippen LogP contribution is -2.57. The molecule has 0 atom stereocenters. The summed E-state index contributed by atoms with van der Waals surface area (Å²) in [7, 11) is 0. The lowest BCUT2D eigenvalue weighted by molar-refractivity contribution is -0.130. The van der Waals surface area contributed by atoms with Crippen molar-refractivity contribution in [2.45, 2.75) is 52.1 Å². The first kappa shape index (κ1) is 15.7. The molecule has 0 spiro atoms. The Morgan fingerprint density at radius 3 is 2.00 bits per heavy atom. The van der Waals surface area contributed by atoms with Gasteiger partial charge < -0.3 is 15.8 Å². The maximum Gasteiger partial charge on any atom is 0.240 e. The topological polar surface area (TPSA) is 64.4 Å². The van der Waals surface area contributed by atoms with Crippen molar-refractivity contribution in [1.29, 1.82) is 0 Å². The Hall–Kier alpha value is -0.320. The molecule has 0 radical (unpaired) electrons. The van der Waals surface area contributed by atoms with Crippen molar-refractivity contribution < 1.29 is 9.53 Å². The molecule has 1 amide bonds. The van der Waals surface area contributed by atoms with E-state index in [-0.39, 0.29) is 35.2 Å². The van der Waals surface area contributed by atoms with E-state index in [0.29, 0.717) is 26.1 Å². The van der Waals surface area contributed by atoms with Crippen LogP contribution in [0, 0.1) is 10.8 Å². The number of ether oxygens (including phenoxy) is 1. The van der Waals surface area contributed by atoms with Crippen molar-refractivity contribution in [1.82, 2.24) is 5.32 Å². The molecule has 5 heteroatoms. The molecule has 2 rings (SSSR count). The highest BCUT2D eigenvalue weighted by Gasteiger charge is 2.66. The zero-order valence-electron chi connectivity index (χ0n) is 11.7. The predicted molar refractivity (Wildman–Crippen MR) is 73.7 cm³/mol. The standard InChI is InChI=1S/C13H24N2O2.ClH/c1-11(2)9(12(11,3)4)15-10(16)13(14)5-7-17-8-6-13;/h9H,5-8,14H2,1-4H3,(H,15,16);1H. The summed E-state index contributed by atoms with van der Waals surface area (Å²) >= 11 is 0. The number of carbonyl (C=O) groups is 1. The number of carbonyl (C=O) groups excluding carboxylic acids is 1. The molecule has 0 aromatic rings. The molecule has 1 saturated carbocycles. The number of hydrogen-bond acceptors (Lipinski definition) is 3. The Balaban J connectivity index is 0.00000162. The fourth-order valence-corrected chi connectivity index (χ4v) is 2.79. The highest BCUT2D eigenvalue weighted by molar-refractivity contribution is 5.87. The molecule has 1 heterocycles. The Morgan fingerprint density at radius 1 is 1.17 bits per heavy atom. The van der Waals surface area contributed by atoms with Gasteiger partial charge in [-0.25, -0.2) is 0 Å². The number of amides is 1. The summed E-state index contributed by atoms with van der Waals surface area (Å²) in [4.78, 5) is 12.3. The predicted octanol–water partition coefficient (Wildman–Crippen LogP) is 1.47. The van der Waals surface area contributed by atoms with E-state index < -0.39 is 5.54 Å². The molecular weight excluding hydrogens is 252 g/mol. The fourth-order valence-electron chi connectivity index (χ4n) is 2.79. The second kappa shape index (κ2) is 4.66. The Bertz CT molecular complexity index is 322. The first-order valence-corrected chi connectivity index (χ1v) is 6.39. The van der Waals surface area contributed by atoms with Crippen LogP contribution in [0.5, 0.6) is 0 Å². The monoisotopic (exact) mass is 276 g/mol. The Morgan fingerprint density at radius 2 is 1.61 bits per heavy atom. The maximum absolute atomic E-state index is 12.3. The van der Waals surface area contributed by atoms with Gasteiger partial charge >= 0.3 is 0 Å². The normalized spacial score (nSPS) is 28.1. The summed E-state index contributed by atoms with van der Waals surface area (Å²) in [6.07, 6.45) is 1.23. The van der Waals surface area contributed by atoms with Gasteiger partial charge in [-0.2, -0.15) is 0 Å². The SMILES string of the molecule is CC1(C)C(NC(=O)C2(N)CCOCC2)C1(C)C.Cl. The van der Waals surface area contributed by atoms with Gasteiger partial charge in [-0.15, -0.1) is 12.4 Å². The van der Waals surface area contributed by atoms with Crippen LogP contribution < -0.4 is 11.1 Å². The average Bonchev–Trinajstić information content (AvgIpc) is 2.62. The van der Waals surface area contributed by atoms with E-state index in [1.807, 2.05) is 0 Å². The average molecular weight is 277 g/mol. The lowest BCUT2D eigenvalue weighted by atomic mass is 9.90. The number of rotatable bonds is 2. The fraction of sp³-hybridized carbons (Fsp3) is 0.923. The van der Waals surface area contributed by atoms with E-state index in [9.17, 15) is 4.79 Å². The highest BCUT2D eigenvalue weighted by atomic mass is 35.5. The number of nitrogens with one attached hydrogen (secondary N) is 1. The summed E-state index contributed by atoms with van der Waals surface area (Å²) in [6.45, 7) is 9.91. The summed E-state index contributed by atoms with van der Waals surface area (Å²) in [5, 5.41) is 3.13. The second-order valence-corrected chi connectivity index (χ2v) is 6.62. The molecule has 2 aliphatic rings. The minimum atomic E-state index is -0.729. The number of halogens is 1. The van der Waals surface area contributed by atoms with Crippen LogP contribution in [-0.2, 0) is 9.53 Å². The second-order valence-electron chi connectivity index (χ2n) is 6.62. The van der Waals surface area contributed by atoms with E-state index in [1.165, 1.54) is 0 Å². The highest BCUT2D eigenvalue weighted by Crippen LogP contribution is 2.62. The van der Waals surface area contributed by atoms with Gasteiger partial charge in [-0.1, -0.05) is 27.7 Å². The van der Waals surface area contributed by atoms with E-state index in [4.69, 9.17) is 10.5 Å². The quantitative estimate of drug-likeness (QED) is 0.803. The minimum absolute atomic E-state index is 0. The molecule has 3 N–H and O–H groups in total. The molecule has 1 saturated heterocycles. The molecule has 106 valence electrons. The van der Waals surface area contributed by atoms with Crippen LogP contribution in [0.25, 0.3) is 0 Å². The van der Waals surface area contributed by atoms with E-state index in [0.717, 1.165) is 0 Å². The van der Waals surface area contributed by atoms with Gasteiger partial charge in [0.25, 0.3) is 0 Å². The number of hydrogen-bond donors (Lipinski definition) is 2. The molecule has 2 fully saturated rings. The van der Waals surface area contributed by atoms with Crippen LogP contribution in [0.1, 0.15) is 40.5 Å². The molecule has 1 aliphatic carbocycles. The van der Waals surface area contributed by atoms with Crippen LogP contribution in [0.2, 0.25) is 0 Å². The van der Waals surface area contributed by atoms with Crippen LogP contribution in [-0.4, -0.2) is 30.7 Å². The van der Waals surface area contributed by atoms with Crippen molar-refractivity contribution in [2.24, 2.45) is 16.6 Å². The van der Waals surface area contributed by atoms with Crippen LogP contribution in [0.4, 0.5) is 0 Å². The van der Waals surface area contributed by atoms with Crippen molar-refractivity contribution >= 4 is 18.3 Å². The summed E-state index contributed by atoms with van der Waals surface area (Å²) in [6, 6.07) is 0.228. The Kier molecular flexibility index (Phi) is 4.07. The minimum Gasteiger partial charge on any atom is -0.381 e. The molecule has 0 aromatic carbocycles. The molecule has 4 nitrogen and oxygen atoms in total. The zero-order chi connectivity index (χ0) is 12.9. The van der Waals surface area contributed by atoms with Crippen molar-refractivity contribution in [2.75, 3.05) is 13.2 Å². The van der Waals surface area contributed by atoms with Crippen LogP contribution >= 0.6 is 12.4 Å². The molecule has 18 heavy (non-hydrogen) atoms. The molecular formula is C13H25ClN2O2. The van der Waals surface area contributed by atoms with E-state index >= 15 is 0 Å². The van der Waals surface area contributed by atoms with Gasteiger partial charge in [0.2, 0.25) is 5.91 Å². The molecule has 1 aliphatic heterocycles. The zero-order valence-corrected chi connectivity index (χ0v) is 12.5. The first-order chi connectivity index (χ1) is 7.72. The Labute approximate surface area is 115 Å². The third kappa shape index (κ3) is 2.26. The molecule has 0 unspecified atom stereocenters. The lowest BCUT2D eigenvalue weighted by Gasteiger charge is -2.32. The summed E-state index contributed by atoms with van der Waals surface area (Å²) < 4.78 is 5.26. The van der Waals surface area contributed by atoms with Gasteiger partial charge in [0.15, 0.2) is 0 Å². The van der Waals surface area contributed by atoms with Crippen molar-refractivity contribution in [3.05, 3.63) is 0 Å². The van der Waals surface area contributed by atoms with Crippen LogP contribution in [0.3, 0.4) is 0 Å². The van der Waals surface area contributed by atoms with Crippen molar-refractivity contribution in [3.8, 4) is 0 Å². The number of nitrogens with two attached hydrogens (primary N) is 1. The molecule has 0 bridgehead atoms. The van der Waals surface area contributed by atoms with E-state index in [2.05, 4.69) is 33.0 Å². The van der Waals surface area contributed by atoms with E-state index in [1.54, 1.807) is 0 Å². The van der Waals surface area contributed by atoms with Gasteiger partial charge in [-0.05, 0) is 23.7 Å². The van der Waals surface area contributed by atoms with Crippen LogP contribution in [0.15, 0.2) is 0 Å². The summed E-state index contributed by atoms with van der Waals surface area (Å²) in [5.41, 5.74) is 5.75. The van der Waals surface area contributed by atoms with Gasteiger partial charge in [-0.3, -0.25) is 4.79 Å². The third-order valence-corrected chi connectivity index (χ3v) is 5.13. The summed E-state index contributed by atoms with van der Waals surface area (Å²) in [5.74, 6) is -0.00977. The van der Waals surface area contributed by atoms with Gasteiger partial charge in [0.05, 0.1) is 5.54 Å². The van der Waals surface area contributed by atoms with Crippen molar-refractivity contribution in [3.63, 3.8) is 0 Å². The third-order valence-electron chi connectivity index (χ3n) is 5.13. The van der Waals surface area contributed by atoms with Gasteiger partial charge in [0, 0.05) is 19.3 Å². The first-order valence-electron chi connectivity index (χ1n) is 6.39.